The Morgan fingerprint density at radius 2 is 2.41 bits per heavy atom. The molecule has 2 rings (SSSR count). The summed E-state index contributed by atoms with van der Waals surface area (Å²) in [5.74, 6) is 0.159. The molecule has 0 spiro atoms. The van der Waals surface area contributed by atoms with Crippen LogP contribution in [0.4, 0.5) is 0 Å². The first kappa shape index (κ1) is 12.2. The molecule has 0 bridgehead atoms. The van der Waals surface area contributed by atoms with Crippen molar-refractivity contribution in [3.8, 4) is 6.07 Å². The summed E-state index contributed by atoms with van der Waals surface area (Å²) in [7, 11) is 0. The van der Waals surface area contributed by atoms with Crippen molar-refractivity contribution in [2.75, 3.05) is 0 Å². The van der Waals surface area contributed by atoms with Crippen molar-refractivity contribution >= 4 is 27.3 Å². The van der Waals surface area contributed by atoms with Crippen LogP contribution in [0.2, 0.25) is 0 Å². The van der Waals surface area contributed by atoms with E-state index in [0.29, 0.717) is 0 Å². The van der Waals surface area contributed by atoms with Gasteiger partial charge in [-0.05, 0) is 28.9 Å². The maximum Gasteiger partial charge on any atom is 0.252 e. The highest BCUT2D eigenvalue weighted by atomic mass is 79.9. The molecule has 17 heavy (non-hydrogen) atoms. The Balaban J connectivity index is 2.39. The van der Waals surface area contributed by atoms with Crippen LogP contribution in [0.3, 0.4) is 0 Å². The van der Waals surface area contributed by atoms with Gasteiger partial charge in [0.2, 0.25) is 0 Å². The molecule has 2 heterocycles. The Hall–Kier alpha value is -1.23. The highest BCUT2D eigenvalue weighted by Crippen LogP contribution is 2.29. The van der Waals surface area contributed by atoms with Crippen molar-refractivity contribution in [3.63, 3.8) is 0 Å². The van der Waals surface area contributed by atoms with Crippen LogP contribution in [-0.4, -0.2) is 20.8 Å². The van der Waals surface area contributed by atoms with Crippen molar-refractivity contribution in [1.29, 1.82) is 5.26 Å². The summed E-state index contributed by atoms with van der Waals surface area (Å²) >= 11 is 5.01. The number of nitrogens with zero attached hydrogens (tertiary/aromatic N) is 4. The van der Waals surface area contributed by atoms with Crippen molar-refractivity contribution in [2.45, 2.75) is 19.0 Å². The van der Waals surface area contributed by atoms with Gasteiger partial charge < -0.3 is 5.73 Å². The van der Waals surface area contributed by atoms with E-state index in [1.807, 2.05) is 24.4 Å². The van der Waals surface area contributed by atoms with Gasteiger partial charge >= 0.3 is 0 Å². The zero-order chi connectivity index (χ0) is 12.4. The largest absolute Gasteiger partial charge is 0.326 e. The molecule has 2 aromatic rings. The van der Waals surface area contributed by atoms with Crippen LogP contribution in [0.1, 0.15) is 23.7 Å². The molecular weight excluding hydrogens is 302 g/mol. The Bertz CT molecular complexity index is 553. The van der Waals surface area contributed by atoms with E-state index in [0.717, 1.165) is 9.35 Å². The third kappa shape index (κ3) is 2.54. The highest BCUT2D eigenvalue weighted by molar-refractivity contribution is 9.10. The second-order valence-corrected chi connectivity index (χ2v) is 5.49. The van der Waals surface area contributed by atoms with Crippen LogP contribution in [-0.2, 0) is 0 Å². The van der Waals surface area contributed by atoms with E-state index < -0.39 is 0 Å². The number of hydrogen-bond donors (Lipinski definition) is 1. The average Bonchev–Trinajstić information content (AvgIpc) is 2.88. The van der Waals surface area contributed by atoms with E-state index in [4.69, 9.17) is 11.0 Å². The summed E-state index contributed by atoms with van der Waals surface area (Å²) in [5.41, 5.74) is 5.98. The van der Waals surface area contributed by atoms with Crippen LogP contribution >= 0.6 is 27.3 Å². The molecule has 0 saturated heterocycles. The molecule has 0 aromatic carbocycles. The summed E-state index contributed by atoms with van der Waals surface area (Å²) in [6.07, 6.45) is 1.54. The van der Waals surface area contributed by atoms with Gasteiger partial charge in [-0.15, -0.1) is 16.4 Å². The minimum absolute atomic E-state index is 0.0964. The summed E-state index contributed by atoms with van der Waals surface area (Å²) in [6, 6.07) is 3.70. The second kappa shape index (κ2) is 4.96. The normalized spacial score (nSPS) is 14.2. The van der Waals surface area contributed by atoms with Crippen molar-refractivity contribution in [2.24, 2.45) is 5.73 Å². The van der Waals surface area contributed by atoms with E-state index in [1.165, 1.54) is 0 Å². The van der Waals surface area contributed by atoms with Gasteiger partial charge in [0.1, 0.15) is 18.4 Å². The zero-order valence-electron chi connectivity index (χ0n) is 9.04. The molecule has 2 atom stereocenters. The summed E-state index contributed by atoms with van der Waals surface area (Å²) in [6.45, 7) is 1.91. The lowest BCUT2D eigenvalue weighted by atomic mass is 10.1. The molecule has 0 aliphatic rings. The van der Waals surface area contributed by atoms with Crippen molar-refractivity contribution < 1.29 is 0 Å². The standard InChI is InChI=1S/C10H10BrN5S/c1-6(13)10(8-2-7(11)4-17-8)16-5-14-9(3-12)15-16/h2,4-6,10H,13H2,1H3. The van der Waals surface area contributed by atoms with Crippen LogP contribution < -0.4 is 5.73 Å². The maximum atomic E-state index is 8.72. The van der Waals surface area contributed by atoms with Gasteiger partial charge in [-0.1, -0.05) is 0 Å². The van der Waals surface area contributed by atoms with Crippen LogP contribution in [0.5, 0.6) is 0 Å². The Kier molecular flexibility index (Phi) is 3.57. The first-order chi connectivity index (χ1) is 8.11. The molecule has 0 amide bonds. The number of halogens is 1. The lowest BCUT2D eigenvalue weighted by Gasteiger charge is -2.19. The average molecular weight is 312 g/mol. The molecule has 2 N–H and O–H groups in total. The topological polar surface area (TPSA) is 80.5 Å². The molecule has 5 nitrogen and oxygen atoms in total. The van der Waals surface area contributed by atoms with E-state index in [-0.39, 0.29) is 17.9 Å². The molecule has 2 unspecified atom stereocenters. The number of nitriles is 1. The molecule has 0 saturated carbocycles. The van der Waals surface area contributed by atoms with Gasteiger partial charge in [0, 0.05) is 20.8 Å². The van der Waals surface area contributed by atoms with E-state index >= 15 is 0 Å². The minimum Gasteiger partial charge on any atom is -0.326 e. The molecule has 7 heteroatoms. The first-order valence-corrected chi connectivity index (χ1v) is 6.60. The molecule has 0 aliphatic carbocycles. The monoisotopic (exact) mass is 311 g/mol. The molecule has 0 aliphatic heterocycles. The summed E-state index contributed by atoms with van der Waals surface area (Å²) in [5, 5.41) is 14.8. The minimum atomic E-state index is -0.117. The third-order valence-corrected chi connectivity index (χ3v) is 4.03. The van der Waals surface area contributed by atoms with Crippen LogP contribution in [0, 0.1) is 11.3 Å². The van der Waals surface area contributed by atoms with Gasteiger partial charge in [-0.3, -0.25) is 0 Å². The summed E-state index contributed by atoms with van der Waals surface area (Å²) in [4.78, 5) is 4.98. The summed E-state index contributed by atoms with van der Waals surface area (Å²) < 4.78 is 2.66. The zero-order valence-corrected chi connectivity index (χ0v) is 11.4. The molecule has 88 valence electrons. The highest BCUT2D eigenvalue weighted by Gasteiger charge is 2.21. The fourth-order valence-corrected chi connectivity index (χ4v) is 3.23. The van der Waals surface area contributed by atoms with E-state index in [1.54, 1.807) is 22.3 Å². The van der Waals surface area contributed by atoms with E-state index in [9.17, 15) is 0 Å². The molecular formula is C10H10BrN5S. The Morgan fingerprint density at radius 1 is 1.65 bits per heavy atom. The number of thiophene rings is 1. The second-order valence-electron chi connectivity index (χ2n) is 3.63. The lowest BCUT2D eigenvalue weighted by molar-refractivity contribution is 0.458. The molecule has 2 aromatic heterocycles. The van der Waals surface area contributed by atoms with Gasteiger partial charge in [0.25, 0.3) is 5.82 Å². The number of rotatable bonds is 3. The Morgan fingerprint density at radius 3 is 2.88 bits per heavy atom. The fourth-order valence-electron chi connectivity index (χ4n) is 1.57. The SMILES string of the molecule is CC(N)C(c1cc(Br)cs1)n1cnc(C#N)n1. The lowest BCUT2D eigenvalue weighted by Crippen LogP contribution is -2.30. The quantitative estimate of drug-likeness (QED) is 0.939. The Labute approximate surface area is 111 Å². The molecule has 0 fully saturated rings. The fraction of sp³-hybridized carbons (Fsp3) is 0.300. The van der Waals surface area contributed by atoms with Crippen molar-refractivity contribution in [3.05, 3.63) is 32.9 Å². The number of hydrogen-bond acceptors (Lipinski definition) is 5. The van der Waals surface area contributed by atoms with Gasteiger partial charge in [0.05, 0.1) is 0 Å². The van der Waals surface area contributed by atoms with Crippen LogP contribution in [0.15, 0.2) is 22.2 Å². The van der Waals surface area contributed by atoms with E-state index in [2.05, 4.69) is 26.0 Å². The van der Waals surface area contributed by atoms with Crippen molar-refractivity contribution in [1.82, 2.24) is 14.8 Å². The molecule has 0 radical (unpaired) electrons. The maximum absolute atomic E-state index is 8.72. The third-order valence-electron chi connectivity index (χ3n) is 2.27. The van der Waals surface area contributed by atoms with Gasteiger partial charge in [-0.2, -0.15) is 5.26 Å². The van der Waals surface area contributed by atoms with Gasteiger partial charge in [-0.25, -0.2) is 9.67 Å². The van der Waals surface area contributed by atoms with Gasteiger partial charge in [0.15, 0.2) is 0 Å². The smallest absolute Gasteiger partial charge is 0.252 e. The van der Waals surface area contributed by atoms with Crippen LogP contribution in [0.25, 0.3) is 0 Å². The predicted octanol–water partition coefficient (Wildman–Crippen LogP) is 1.91. The number of aromatic nitrogens is 3. The predicted molar refractivity (Wildman–Crippen MR) is 68.5 cm³/mol. The first-order valence-electron chi connectivity index (χ1n) is 4.92. The number of nitrogens with two attached hydrogens (primary N) is 1.